The molecule has 1 aromatic rings. The van der Waals surface area contributed by atoms with Crippen LogP contribution in [0.1, 0.15) is 38.7 Å². The summed E-state index contributed by atoms with van der Waals surface area (Å²) in [7, 11) is 1.69. The molecule has 0 amide bonds. The average Bonchev–Trinajstić information content (AvgIpc) is 2.70. The van der Waals surface area contributed by atoms with Crippen LogP contribution in [-0.4, -0.2) is 24.1 Å². The van der Waals surface area contributed by atoms with Crippen LogP contribution in [0, 0.1) is 0 Å². The smallest absolute Gasteiger partial charge is 0.121 e. The van der Waals surface area contributed by atoms with Gasteiger partial charge in [0, 0.05) is 30.4 Å². The minimum atomic E-state index is 0.669. The summed E-state index contributed by atoms with van der Waals surface area (Å²) in [4.78, 5) is 2.59. The lowest BCUT2D eigenvalue weighted by molar-refractivity contribution is 0.189. The Hall–Kier alpha value is -1.22. The van der Waals surface area contributed by atoms with E-state index in [9.17, 15) is 0 Å². The van der Waals surface area contributed by atoms with Crippen molar-refractivity contribution < 1.29 is 4.74 Å². The Kier molecular flexibility index (Phi) is 4.12. The van der Waals surface area contributed by atoms with Crippen LogP contribution < -0.4 is 10.5 Å². The second-order valence-corrected chi connectivity index (χ2v) is 5.28. The van der Waals surface area contributed by atoms with Crippen LogP contribution in [-0.2, 0) is 6.54 Å². The van der Waals surface area contributed by atoms with Crippen molar-refractivity contribution in [2.45, 2.75) is 51.7 Å². The van der Waals surface area contributed by atoms with Crippen LogP contribution in [0.25, 0.3) is 0 Å². The van der Waals surface area contributed by atoms with Crippen LogP contribution in [0.4, 0.5) is 5.69 Å². The number of nitrogens with zero attached hydrogens (tertiary/aromatic N) is 1. The van der Waals surface area contributed by atoms with Gasteiger partial charge in [-0.05, 0) is 43.9 Å². The molecule has 0 radical (unpaired) electrons. The number of benzene rings is 1. The zero-order valence-corrected chi connectivity index (χ0v) is 11.6. The number of anilines is 1. The van der Waals surface area contributed by atoms with Crippen molar-refractivity contribution >= 4 is 5.69 Å². The second kappa shape index (κ2) is 5.61. The molecule has 0 spiro atoms. The molecule has 1 saturated heterocycles. The zero-order valence-electron chi connectivity index (χ0n) is 11.6. The van der Waals surface area contributed by atoms with Gasteiger partial charge < -0.3 is 10.5 Å². The molecule has 1 heterocycles. The van der Waals surface area contributed by atoms with E-state index in [-0.39, 0.29) is 0 Å². The molecule has 18 heavy (non-hydrogen) atoms. The van der Waals surface area contributed by atoms with E-state index < -0.39 is 0 Å². The number of likely N-dealkylation sites (tertiary alicyclic amines) is 1. The van der Waals surface area contributed by atoms with E-state index in [0.29, 0.717) is 12.1 Å². The lowest BCUT2D eigenvalue weighted by Gasteiger charge is -2.28. The Morgan fingerprint density at radius 3 is 2.78 bits per heavy atom. The maximum Gasteiger partial charge on any atom is 0.121 e. The molecule has 2 unspecified atom stereocenters. The molecule has 2 atom stereocenters. The lowest BCUT2D eigenvalue weighted by atomic mass is 10.1. The van der Waals surface area contributed by atoms with Gasteiger partial charge in [0.25, 0.3) is 0 Å². The topological polar surface area (TPSA) is 38.5 Å². The fourth-order valence-electron chi connectivity index (χ4n) is 2.95. The summed E-state index contributed by atoms with van der Waals surface area (Å²) in [6.07, 6.45) is 3.85. The van der Waals surface area contributed by atoms with Crippen LogP contribution in [0.3, 0.4) is 0 Å². The van der Waals surface area contributed by atoms with E-state index in [4.69, 9.17) is 10.5 Å². The highest BCUT2D eigenvalue weighted by atomic mass is 16.5. The fraction of sp³-hybridized carbons (Fsp3) is 0.600. The third kappa shape index (κ3) is 2.78. The number of hydrogen-bond acceptors (Lipinski definition) is 3. The Labute approximate surface area is 110 Å². The van der Waals surface area contributed by atoms with Crippen molar-refractivity contribution in [3.63, 3.8) is 0 Å². The third-order valence-electron chi connectivity index (χ3n) is 4.01. The molecule has 1 aromatic carbocycles. The van der Waals surface area contributed by atoms with E-state index in [1.54, 1.807) is 7.11 Å². The van der Waals surface area contributed by atoms with Gasteiger partial charge in [-0.15, -0.1) is 0 Å². The Morgan fingerprint density at radius 1 is 1.33 bits per heavy atom. The molecule has 3 nitrogen and oxygen atoms in total. The van der Waals surface area contributed by atoms with Crippen molar-refractivity contribution in [1.82, 2.24) is 4.90 Å². The van der Waals surface area contributed by atoms with Gasteiger partial charge in [-0.1, -0.05) is 6.92 Å². The Morgan fingerprint density at radius 2 is 2.11 bits per heavy atom. The van der Waals surface area contributed by atoms with Crippen molar-refractivity contribution in [3.05, 3.63) is 23.8 Å². The van der Waals surface area contributed by atoms with Crippen molar-refractivity contribution in [2.75, 3.05) is 12.8 Å². The van der Waals surface area contributed by atoms with E-state index >= 15 is 0 Å². The highest BCUT2D eigenvalue weighted by molar-refractivity contribution is 5.47. The van der Waals surface area contributed by atoms with Gasteiger partial charge in [0.1, 0.15) is 5.75 Å². The predicted molar refractivity (Wildman–Crippen MR) is 75.7 cm³/mol. The van der Waals surface area contributed by atoms with E-state index in [2.05, 4.69) is 30.9 Å². The first-order valence-electron chi connectivity index (χ1n) is 6.83. The maximum atomic E-state index is 5.91. The van der Waals surface area contributed by atoms with Gasteiger partial charge in [0.15, 0.2) is 0 Å². The molecular formula is C15H24N2O. The first-order valence-corrected chi connectivity index (χ1v) is 6.83. The number of nitrogen functional groups attached to an aromatic ring is 1. The van der Waals surface area contributed by atoms with Crippen LogP contribution in [0.15, 0.2) is 18.2 Å². The predicted octanol–water partition coefficient (Wildman–Crippen LogP) is 3.04. The molecule has 0 bridgehead atoms. The SMILES string of the molecule is CCC1CCC(C)N1Cc1cc(N)cc(OC)c1. The van der Waals surface area contributed by atoms with Crippen molar-refractivity contribution in [2.24, 2.45) is 0 Å². The first-order chi connectivity index (χ1) is 8.63. The van der Waals surface area contributed by atoms with Gasteiger partial charge in [-0.25, -0.2) is 0 Å². The Balaban J connectivity index is 2.15. The van der Waals surface area contributed by atoms with Crippen LogP contribution >= 0.6 is 0 Å². The highest BCUT2D eigenvalue weighted by Crippen LogP contribution is 2.29. The van der Waals surface area contributed by atoms with Crippen molar-refractivity contribution in [3.8, 4) is 5.75 Å². The number of rotatable bonds is 4. The highest BCUT2D eigenvalue weighted by Gasteiger charge is 2.29. The summed E-state index contributed by atoms with van der Waals surface area (Å²) in [5.74, 6) is 0.852. The summed E-state index contributed by atoms with van der Waals surface area (Å²) in [6.45, 7) is 5.57. The number of nitrogens with two attached hydrogens (primary N) is 1. The minimum absolute atomic E-state index is 0.669. The van der Waals surface area contributed by atoms with E-state index in [0.717, 1.165) is 18.0 Å². The normalized spacial score (nSPS) is 24.4. The summed E-state index contributed by atoms with van der Waals surface area (Å²) >= 11 is 0. The zero-order chi connectivity index (χ0) is 13.1. The van der Waals surface area contributed by atoms with E-state index in [1.807, 2.05) is 6.07 Å². The molecule has 2 N–H and O–H groups in total. The Bertz CT molecular complexity index is 405. The standard InChI is InChI=1S/C15H24N2O/c1-4-14-6-5-11(2)17(14)10-12-7-13(16)9-15(8-12)18-3/h7-9,11,14H,4-6,10,16H2,1-3H3. The molecule has 0 aliphatic carbocycles. The number of hydrogen-bond donors (Lipinski definition) is 1. The lowest BCUT2D eigenvalue weighted by Crippen LogP contribution is -2.33. The second-order valence-electron chi connectivity index (χ2n) is 5.28. The summed E-state index contributed by atoms with van der Waals surface area (Å²) in [5, 5.41) is 0. The monoisotopic (exact) mass is 248 g/mol. The molecular weight excluding hydrogens is 224 g/mol. The quantitative estimate of drug-likeness (QED) is 0.832. The minimum Gasteiger partial charge on any atom is -0.497 e. The molecule has 1 fully saturated rings. The van der Waals surface area contributed by atoms with Gasteiger partial charge in [0.05, 0.1) is 7.11 Å². The van der Waals surface area contributed by atoms with E-state index in [1.165, 1.54) is 24.8 Å². The van der Waals surface area contributed by atoms with Gasteiger partial charge >= 0.3 is 0 Å². The van der Waals surface area contributed by atoms with Crippen LogP contribution in [0.5, 0.6) is 5.75 Å². The molecule has 1 aliphatic rings. The maximum absolute atomic E-state index is 5.91. The fourth-order valence-corrected chi connectivity index (χ4v) is 2.95. The van der Waals surface area contributed by atoms with Crippen molar-refractivity contribution in [1.29, 1.82) is 0 Å². The third-order valence-corrected chi connectivity index (χ3v) is 4.01. The van der Waals surface area contributed by atoms with Gasteiger partial charge in [-0.2, -0.15) is 0 Å². The average molecular weight is 248 g/mol. The summed E-state index contributed by atoms with van der Waals surface area (Å²) in [6, 6.07) is 7.40. The molecule has 0 aromatic heterocycles. The molecule has 2 rings (SSSR count). The first kappa shape index (κ1) is 13.2. The molecule has 3 heteroatoms. The summed E-state index contributed by atoms with van der Waals surface area (Å²) < 4.78 is 5.28. The largest absolute Gasteiger partial charge is 0.497 e. The summed E-state index contributed by atoms with van der Waals surface area (Å²) in [5.41, 5.74) is 7.94. The van der Waals surface area contributed by atoms with Gasteiger partial charge in [-0.3, -0.25) is 4.90 Å². The number of methoxy groups -OCH3 is 1. The molecule has 100 valence electrons. The van der Waals surface area contributed by atoms with Crippen LogP contribution in [0.2, 0.25) is 0 Å². The molecule has 1 aliphatic heterocycles. The van der Waals surface area contributed by atoms with Gasteiger partial charge in [0.2, 0.25) is 0 Å². The number of ether oxygens (including phenoxy) is 1. The molecule has 0 saturated carbocycles.